The Kier molecular flexibility index (Phi) is 4.62. The van der Waals surface area contributed by atoms with E-state index in [1.165, 1.54) is 6.07 Å². The van der Waals surface area contributed by atoms with Crippen LogP contribution < -0.4 is 9.47 Å². The van der Waals surface area contributed by atoms with E-state index in [-0.39, 0.29) is 23.7 Å². The quantitative estimate of drug-likeness (QED) is 0.796. The highest BCUT2D eigenvalue weighted by atomic mass is 35.5. The highest BCUT2D eigenvalue weighted by Crippen LogP contribution is 2.35. The lowest BCUT2D eigenvalue weighted by molar-refractivity contribution is -0.275. The van der Waals surface area contributed by atoms with Gasteiger partial charge in [-0.2, -0.15) is 5.26 Å². The molecule has 0 bridgehead atoms. The monoisotopic (exact) mass is 280 g/mol. The van der Waals surface area contributed by atoms with Gasteiger partial charge in [-0.15, -0.1) is 24.8 Å². The third-order valence-electron chi connectivity index (χ3n) is 1.89. The summed E-state index contributed by atoms with van der Waals surface area (Å²) >= 11 is 5.55. The largest absolute Gasteiger partial charge is 0.573 e. The highest BCUT2D eigenvalue weighted by molar-refractivity contribution is 6.16. The van der Waals surface area contributed by atoms with Crippen LogP contribution in [-0.2, 0) is 12.3 Å². The summed E-state index contributed by atoms with van der Waals surface area (Å²) in [5.74, 6) is -0.975. The molecule has 1 aromatic rings. The van der Waals surface area contributed by atoms with Crippen LogP contribution in [0.5, 0.6) is 11.6 Å². The van der Waals surface area contributed by atoms with Crippen molar-refractivity contribution in [3.63, 3.8) is 0 Å². The Morgan fingerprint density at radius 3 is 2.61 bits per heavy atom. The predicted octanol–water partition coefficient (Wildman–Crippen LogP) is 2.79. The van der Waals surface area contributed by atoms with Crippen LogP contribution >= 0.6 is 11.6 Å². The van der Waals surface area contributed by atoms with Gasteiger partial charge in [0.2, 0.25) is 0 Å². The number of ether oxygens (including phenoxy) is 2. The molecule has 4 nitrogen and oxygen atoms in total. The maximum atomic E-state index is 12.2. The Morgan fingerprint density at radius 1 is 1.50 bits per heavy atom. The van der Waals surface area contributed by atoms with Crippen molar-refractivity contribution in [3.8, 4) is 17.7 Å². The van der Waals surface area contributed by atoms with E-state index in [2.05, 4.69) is 9.72 Å². The molecule has 0 aliphatic carbocycles. The zero-order valence-electron chi connectivity index (χ0n) is 9.21. The number of nitriles is 1. The van der Waals surface area contributed by atoms with Gasteiger partial charge in [-0.1, -0.05) is 0 Å². The van der Waals surface area contributed by atoms with E-state index in [9.17, 15) is 13.2 Å². The van der Waals surface area contributed by atoms with Crippen LogP contribution in [0.15, 0.2) is 6.07 Å². The summed E-state index contributed by atoms with van der Waals surface area (Å²) in [4.78, 5) is 3.75. The SMILES string of the molecule is COc1nc(CCl)cc(CC#N)c1OC(F)(F)F. The molecule has 0 amide bonds. The topological polar surface area (TPSA) is 55.1 Å². The highest BCUT2D eigenvalue weighted by Gasteiger charge is 2.34. The minimum atomic E-state index is -4.89. The first-order valence-corrected chi connectivity index (χ1v) is 5.20. The Bertz CT molecular complexity index is 471. The van der Waals surface area contributed by atoms with Gasteiger partial charge in [0, 0.05) is 5.56 Å². The Balaban J connectivity index is 3.30. The van der Waals surface area contributed by atoms with Crippen molar-refractivity contribution in [1.82, 2.24) is 4.98 Å². The molecule has 1 heterocycles. The van der Waals surface area contributed by atoms with Gasteiger partial charge in [0.25, 0.3) is 5.88 Å². The molecule has 8 heteroatoms. The van der Waals surface area contributed by atoms with E-state index in [4.69, 9.17) is 21.6 Å². The van der Waals surface area contributed by atoms with Gasteiger partial charge in [0.1, 0.15) is 0 Å². The first-order chi connectivity index (χ1) is 8.41. The van der Waals surface area contributed by atoms with Crippen molar-refractivity contribution in [3.05, 3.63) is 17.3 Å². The van der Waals surface area contributed by atoms with Crippen LogP contribution in [0.25, 0.3) is 0 Å². The first kappa shape index (κ1) is 14.4. The zero-order chi connectivity index (χ0) is 13.8. The summed E-state index contributed by atoms with van der Waals surface area (Å²) < 4.78 is 45.3. The van der Waals surface area contributed by atoms with Crippen LogP contribution in [0, 0.1) is 11.3 Å². The fraction of sp³-hybridized carbons (Fsp3) is 0.400. The van der Waals surface area contributed by atoms with E-state index in [1.807, 2.05) is 0 Å². The summed E-state index contributed by atoms with van der Waals surface area (Å²) in [6, 6.07) is 3.02. The molecule has 0 N–H and O–H groups in total. The third kappa shape index (κ3) is 3.67. The first-order valence-electron chi connectivity index (χ1n) is 4.66. The smallest absolute Gasteiger partial charge is 0.478 e. The molecule has 0 atom stereocenters. The number of aromatic nitrogens is 1. The average molecular weight is 281 g/mol. The minimum Gasteiger partial charge on any atom is -0.478 e. The molecular formula is C10H8ClF3N2O2. The minimum absolute atomic E-state index is 0.0128. The third-order valence-corrected chi connectivity index (χ3v) is 2.16. The van der Waals surface area contributed by atoms with Crippen LogP contribution in [0.3, 0.4) is 0 Å². The Hall–Kier alpha value is -1.68. The van der Waals surface area contributed by atoms with Crippen LogP contribution in [0.4, 0.5) is 13.2 Å². The van der Waals surface area contributed by atoms with Gasteiger partial charge in [0.15, 0.2) is 5.75 Å². The van der Waals surface area contributed by atoms with Crippen molar-refractivity contribution < 1.29 is 22.6 Å². The molecule has 0 aliphatic heterocycles. The molecule has 0 saturated heterocycles. The average Bonchev–Trinajstić information content (AvgIpc) is 2.29. The van der Waals surface area contributed by atoms with Crippen molar-refractivity contribution in [2.45, 2.75) is 18.7 Å². The fourth-order valence-electron chi connectivity index (χ4n) is 1.27. The summed E-state index contributed by atoms with van der Waals surface area (Å²) in [5, 5.41) is 8.59. The number of methoxy groups -OCH3 is 1. The number of pyridine rings is 1. The standard InChI is InChI=1S/C10H8ClF3N2O2/c1-17-9-8(18-10(12,13)14)6(2-3-15)4-7(5-11)16-9/h4H,2,5H2,1H3. The molecule has 0 radical (unpaired) electrons. The van der Waals surface area contributed by atoms with E-state index in [1.54, 1.807) is 6.07 Å². The molecule has 0 spiro atoms. The summed E-state index contributed by atoms with van der Waals surface area (Å²) in [6.07, 6.45) is -5.16. The summed E-state index contributed by atoms with van der Waals surface area (Å²) in [5.41, 5.74) is 0.325. The fourth-order valence-corrected chi connectivity index (χ4v) is 1.40. The van der Waals surface area contributed by atoms with Crippen LogP contribution in [0.2, 0.25) is 0 Å². The van der Waals surface area contributed by atoms with E-state index < -0.39 is 12.1 Å². The number of nitrogens with zero attached hydrogens (tertiary/aromatic N) is 2. The molecule has 18 heavy (non-hydrogen) atoms. The van der Waals surface area contributed by atoms with Crippen LogP contribution in [0.1, 0.15) is 11.3 Å². The summed E-state index contributed by atoms with van der Waals surface area (Å²) in [7, 11) is 1.15. The maximum absolute atomic E-state index is 12.2. The number of rotatable bonds is 4. The van der Waals surface area contributed by atoms with E-state index in [0.29, 0.717) is 5.69 Å². The van der Waals surface area contributed by atoms with Gasteiger partial charge in [-0.3, -0.25) is 0 Å². The van der Waals surface area contributed by atoms with Gasteiger partial charge in [-0.05, 0) is 6.07 Å². The molecular weight excluding hydrogens is 273 g/mol. The normalized spacial score (nSPS) is 10.9. The molecule has 98 valence electrons. The second-order valence-electron chi connectivity index (χ2n) is 3.13. The molecule has 1 aromatic heterocycles. The predicted molar refractivity (Wildman–Crippen MR) is 56.3 cm³/mol. The van der Waals surface area contributed by atoms with E-state index in [0.717, 1.165) is 7.11 Å². The van der Waals surface area contributed by atoms with Crippen molar-refractivity contribution in [2.75, 3.05) is 7.11 Å². The molecule has 1 rings (SSSR count). The molecule has 0 aromatic carbocycles. The molecule has 0 saturated carbocycles. The van der Waals surface area contributed by atoms with Crippen molar-refractivity contribution in [1.29, 1.82) is 5.26 Å². The molecule has 0 fully saturated rings. The van der Waals surface area contributed by atoms with Gasteiger partial charge < -0.3 is 9.47 Å². The van der Waals surface area contributed by atoms with Gasteiger partial charge in [0.05, 0.1) is 31.2 Å². The van der Waals surface area contributed by atoms with Crippen molar-refractivity contribution >= 4 is 11.6 Å². The lowest BCUT2D eigenvalue weighted by atomic mass is 10.1. The van der Waals surface area contributed by atoms with Crippen molar-refractivity contribution in [2.24, 2.45) is 0 Å². The Labute approximate surface area is 106 Å². The number of alkyl halides is 4. The number of halogens is 4. The second kappa shape index (κ2) is 5.78. The van der Waals surface area contributed by atoms with Gasteiger partial charge >= 0.3 is 6.36 Å². The number of hydrogen-bond acceptors (Lipinski definition) is 4. The van der Waals surface area contributed by atoms with E-state index >= 15 is 0 Å². The van der Waals surface area contributed by atoms with Gasteiger partial charge in [-0.25, -0.2) is 4.98 Å². The lowest BCUT2D eigenvalue weighted by Crippen LogP contribution is -2.19. The second-order valence-corrected chi connectivity index (χ2v) is 3.39. The lowest BCUT2D eigenvalue weighted by Gasteiger charge is -2.15. The van der Waals surface area contributed by atoms with Crippen LogP contribution in [-0.4, -0.2) is 18.5 Å². The summed E-state index contributed by atoms with van der Waals surface area (Å²) in [6.45, 7) is 0. The maximum Gasteiger partial charge on any atom is 0.573 e. The Morgan fingerprint density at radius 2 is 2.17 bits per heavy atom. The molecule has 0 unspecified atom stereocenters. The number of hydrogen-bond donors (Lipinski definition) is 0. The zero-order valence-corrected chi connectivity index (χ0v) is 9.97. The molecule has 0 aliphatic rings.